The van der Waals surface area contributed by atoms with E-state index in [0.717, 1.165) is 0 Å². The van der Waals surface area contributed by atoms with E-state index in [9.17, 15) is 14.7 Å². The van der Waals surface area contributed by atoms with Gasteiger partial charge in [0.25, 0.3) is 0 Å². The van der Waals surface area contributed by atoms with E-state index >= 15 is 0 Å². The van der Waals surface area contributed by atoms with Crippen LogP contribution in [0, 0.1) is 0 Å². The van der Waals surface area contributed by atoms with Crippen molar-refractivity contribution in [2.45, 2.75) is 18.6 Å². The lowest BCUT2D eigenvalue weighted by atomic mass is 9.96. The number of carbonyl (C=O) groups is 2. The van der Waals surface area contributed by atoms with Crippen molar-refractivity contribution in [3.63, 3.8) is 0 Å². The Morgan fingerprint density at radius 1 is 1.40 bits per heavy atom. The number of piperidine rings is 1. The van der Waals surface area contributed by atoms with Gasteiger partial charge in [-0.15, -0.1) is 0 Å². The maximum absolute atomic E-state index is 12.4. The van der Waals surface area contributed by atoms with Crippen LogP contribution in [0.2, 0.25) is 5.02 Å². The number of nitrogens with zero attached hydrogens (tertiary/aromatic N) is 2. The highest BCUT2D eigenvalue weighted by Gasteiger charge is 2.34. The molecule has 1 aliphatic heterocycles. The summed E-state index contributed by atoms with van der Waals surface area (Å²) in [5.41, 5.74) is 1.22. The largest absolute Gasteiger partial charge is 0.468 e. The number of carbonyl (C=O) groups excluding carboxylic acids is 2. The number of aliphatic hydroxyl groups excluding tert-OH is 1. The summed E-state index contributed by atoms with van der Waals surface area (Å²) in [4.78, 5) is 27.7. The molecule has 7 heteroatoms. The lowest BCUT2D eigenvalue weighted by Gasteiger charge is -2.36. The average Bonchev–Trinajstić information content (AvgIpc) is 2.59. The van der Waals surface area contributed by atoms with Crippen molar-refractivity contribution in [3.05, 3.63) is 46.5 Å². The van der Waals surface area contributed by atoms with E-state index in [1.165, 1.54) is 18.1 Å². The van der Waals surface area contributed by atoms with Crippen LogP contribution in [0.3, 0.4) is 0 Å². The maximum atomic E-state index is 12.4. The molecular weight excluding hydrogens is 344 g/mol. The van der Waals surface area contributed by atoms with Crippen molar-refractivity contribution in [2.24, 2.45) is 0 Å². The molecule has 2 rings (SSSR count). The van der Waals surface area contributed by atoms with Crippen LogP contribution in [0.15, 0.2) is 35.9 Å². The zero-order chi connectivity index (χ0) is 18.6. The van der Waals surface area contributed by atoms with Gasteiger partial charge in [0.1, 0.15) is 6.04 Å². The van der Waals surface area contributed by atoms with Gasteiger partial charge < -0.3 is 14.7 Å². The topological polar surface area (TPSA) is 70.1 Å². The van der Waals surface area contributed by atoms with Gasteiger partial charge in [0.2, 0.25) is 5.91 Å². The Morgan fingerprint density at radius 3 is 2.68 bits per heavy atom. The molecule has 25 heavy (non-hydrogen) atoms. The van der Waals surface area contributed by atoms with E-state index in [2.05, 4.69) is 0 Å². The highest BCUT2D eigenvalue weighted by molar-refractivity contribution is 6.31. The number of likely N-dealkylation sites (tertiary alicyclic amines) is 1. The minimum absolute atomic E-state index is 0.205. The molecule has 1 aromatic rings. The summed E-state index contributed by atoms with van der Waals surface area (Å²) in [6, 6.07) is 6.41. The summed E-state index contributed by atoms with van der Waals surface area (Å²) in [5, 5.41) is 10.7. The van der Waals surface area contributed by atoms with Gasteiger partial charge in [-0.05, 0) is 23.6 Å². The molecule has 6 nitrogen and oxygen atoms in total. The third kappa shape index (κ3) is 4.60. The molecule has 2 unspecified atom stereocenters. The number of esters is 1. The smallest absolute Gasteiger partial charge is 0.327 e. The second-order valence-electron chi connectivity index (χ2n) is 6.17. The molecule has 0 bridgehead atoms. The van der Waals surface area contributed by atoms with Gasteiger partial charge >= 0.3 is 5.97 Å². The molecule has 1 saturated heterocycles. The van der Waals surface area contributed by atoms with Crippen molar-refractivity contribution in [2.75, 3.05) is 34.3 Å². The molecule has 0 saturated carbocycles. The molecule has 1 N–H and O–H groups in total. The summed E-state index contributed by atoms with van der Waals surface area (Å²) in [6.45, 7) is 0.769. The Labute approximate surface area is 152 Å². The number of benzene rings is 1. The summed E-state index contributed by atoms with van der Waals surface area (Å²) < 4.78 is 4.96. The van der Waals surface area contributed by atoms with Gasteiger partial charge in [-0.3, -0.25) is 9.69 Å². The fraction of sp³-hybridized carbons (Fsp3) is 0.444. The van der Waals surface area contributed by atoms with E-state index < -0.39 is 18.1 Å². The first-order valence-electron chi connectivity index (χ1n) is 8.01. The number of methoxy groups -OCH3 is 1. The van der Waals surface area contributed by atoms with Gasteiger partial charge in [-0.1, -0.05) is 29.8 Å². The monoisotopic (exact) mass is 366 g/mol. The molecule has 0 spiro atoms. The fourth-order valence-electron chi connectivity index (χ4n) is 2.82. The summed E-state index contributed by atoms with van der Waals surface area (Å²) in [5.74, 6) is -0.633. The number of aliphatic hydroxyl groups is 1. The van der Waals surface area contributed by atoms with E-state index in [0.29, 0.717) is 29.1 Å². The third-order valence-corrected chi connectivity index (χ3v) is 4.59. The quantitative estimate of drug-likeness (QED) is 0.648. The SMILES string of the molecule is COC(=O)C(c1ccccc1Cl)N1CCC(O)/C(=C\C(=O)N(C)C)C1. The molecule has 136 valence electrons. The van der Waals surface area contributed by atoms with Crippen LogP contribution in [-0.4, -0.2) is 67.2 Å². The predicted molar refractivity (Wildman–Crippen MR) is 95.2 cm³/mol. The normalized spacial score (nSPS) is 21.0. The van der Waals surface area contributed by atoms with Gasteiger partial charge in [-0.25, -0.2) is 4.79 Å². The van der Waals surface area contributed by atoms with Crippen LogP contribution in [0.5, 0.6) is 0 Å². The molecule has 0 radical (unpaired) electrons. The minimum Gasteiger partial charge on any atom is -0.468 e. The summed E-state index contributed by atoms with van der Waals surface area (Å²) in [7, 11) is 4.62. The number of hydrogen-bond acceptors (Lipinski definition) is 5. The van der Waals surface area contributed by atoms with Crippen molar-refractivity contribution in [3.8, 4) is 0 Å². The van der Waals surface area contributed by atoms with E-state index in [1.54, 1.807) is 32.3 Å². The molecule has 0 aliphatic carbocycles. The number of halogens is 1. The van der Waals surface area contributed by atoms with E-state index in [-0.39, 0.29) is 12.5 Å². The van der Waals surface area contributed by atoms with Gasteiger partial charge in [0.15, 0.2) is 0 Å². The molecule has 0 aromatic heterocycles. The standard InChI is InChI=1S/C18H23ClN2O4/c1-20(2)16(23)10-12-11-21(9-8-15(12)22)17(18(24)25-3)13-6-4-5-7-14(13)19/h4-7,10,15,17,22H,8-9,11H2,1-3H3/b12-10-. The number of ether oxygens (including phenoxy) is 1. The summed E-state index contributed by atoms with van der Waals surface area (Å²) >= 11 is 6.27. The zero-order valence-electron chi connectivity index (χ0n) is 14.6. The Balaban J connectivity index is 2.34. The number of rotatable bonds is 4. The lowest BCUT2D eigenvalue weighted by Crippen LogP contribution is -2.43. The van der Waals surface area contributed by atoms with Crippen LogP contribution >= 0.6 is 11.6 Å². The molecule has 2 atom stereocenters. The number of likely N-dealkylation sites (N-methyl/N-ethyl adjacent to an activating group) is 1. The first kappa shape index (κ1) is 19.4. The molecule has 1 aromatic carbocycles. The van der Waals surface area contributed by atoms with Gasteiger partial charge in [0, 0.05) is 38.3 Å². The Morgan fingerprint density at radius 2 is 2.08 bits per heavy atom. The van der Waals surface area contributed by atoms with E-state index in [4.69, 9.17) is 16.3 Å². The molecule has 1 amide bonds. The van der Waals surface area contributed by atoms with Gasteiger partial charge in [-0.2, -0.15) is 0 Å². The average molecular weight is 367 g/mol. The fourth-order valence-corrected chi connectivity index (χ4v) is 3.06. The predicted octanol–water partition coefficient (Wildman–Crippen LogP) is 1.64. The number of hydrogen-bond donors (Lipinski definition) is 1. The Kier molecular flexibility index (Phi) is 6.58. The van der Waals surface area contributed by atoms with E-state index in [1.807, 2.05) is 11.0 Å². The highest BCUT2D eigenvalue weighted by atomic mass is 35.5. The van der Waals surface area contributed by atoms with Crippen molar-refractivity contribution in [1.82, 2.24) is 9.80 Å². The maximum Gasteiger partial charge on any atom is 0.327 e. The molecular formula is C18H23ClN2O4. The first-order valence-corrected chi connectivity index (χ1v) is 8.39. The second kappa shape index (κ2) is 8.47. The van der Waals surface area contributed by atoms with Gasteiger partial charge in [0.05, 0.1) is 13.2 Å². The van der Waals surface area contributed by atoms with Crippen LogP contribution in [0.4, 0.5) is 0 Å². The minimum atomic E-state index is -0.704. The van der Waals surface area contributed by atoms with Crippen LogP contribution in [-0.2, 0) is 14.3 Å². The number of amides is 1. The highest BCUT2D eigenvalue weighted by Crippen LogP contribution is 2.32. The summed E-state index contributed by atoms with van der Waals surface area (Å²) in [6.07, 6.45) is 1.15. The van der Waals surface area contributed by atoms with Crippen LogP contribution in [0.25, 0.3) is 0 Å². The molecule has 1 aliphatic rings. The Hall–Kier alpha value is -1.89. The first-order chi connectivity index (χ1) is 11.8. The lowest BCUT2D eigenvalue weighted by molar-refractivity contribution is -0.147. The third-order valence-electron chi connectivity index (χ3n) is 4.24. The molecule has 1 heterocycles. The van der Waals surface area contributed by atoms with Crippen LogP contribution < -0.4 is 0 Å². The zero-order valence-corrected chi connectivity index (χ0v) is 15.4. The van der Waals surface area contributed by atoms with Crippen LogP contribution in [0.1, 0.15) is 18.0 Å². The van der Waals surface area contributed by atoms with Crippen molar-refractivity contribution >= 4 is 23.5 Å². The van der Waals surface area contributed by atoms with Crippen molar-refractivity contribution in [1.29, 1.82) is 0 Å². The molecule has 1 fully saturated rings. The van der Waals surface area contributed by atoms with Crippen molar-refractivity contribution < 1.29 is 19.4 Å². The second-order valence-corrected chi connectivity index (χ2v) is 6.58. The Bertz CT molecular complexity index is 675.